The molecule has 0 atom stereocenters. The highest BCUT2D eigenvalue weighted by Gasteiger charge is 2.25. The number of nitrogens with one attached hydrogen (secondary N) is 3. The van der Waals surface area contributed by atoms with Crippen LogP contribution in [-0.4, -0.2) is 41.9 Å². The number of hydrogen-bond donors (Lipinski definition) is 3. The summed E-state index contributed by atoms with van der Waals surface area (Å²) in [6.07, 6.45) is 3.12. The number of hydrogen-bond acceptors (Lipinski definition) is 7. The van der Waals surface area contributed by atoms with E-state index in [1.807, 2.05) is 16.8 Å². The number of anilines is 1. The lowest BCUT2D eigenvalue weighted by Gasteiger charge is -2.26. The van der Waals surface area contributed by atoms with Gasteiger partial charge in [-0.05, 0) is 48.4 Å². The minimum atomic E-state index is -0.836. The van der Waals surface area contributed by atoms with Crippen LogP contribution in [0.2, 0.25) is 0 Å². The van der Waals surface area contributed by atoms with Gasteiger partial charge in [0.25, 0.3) is 0 Å². The van der Waals surface area contributed by atoms with Gasteiger partial charge in [0.2, 0.25) is 5.91 Å². The van der Waals surface area contributed by atoms with Gasteiger partial charge in [-0.3, -0.25) is 14.4 Å². The van der Waals surface area contributed by atoms with E-state index < -0.39 is 17.4 Å². The summed E-state index contributed by atoms with van der Waals surface area (Å²) in [5.74, 6) is -0.847. The molecule has 2 heterocycles. The molecule has 10 heteroatoms. The molecule has 3 aromatic rings. The molecule has 0 aliphatic rings. The number of thiophene rings is 1. The highest BCUT2D eigenvalue weighted by Crippen LogP contribution is 2.32. The second-order valence-electron chi connectivity index (χ2n) is 7.66. The molecule has 3 rings (SSSR count). The Morgan fingerprint density at radius 2 is 2.00 bits per heavy atom. The number of aromatic nitrogens is 1. The Kier molecular flexibility index (Phi) is 7.26. The zero-order valence-corrected chi connectivity index (χ0v) is 18.7. The Hall–Kier alpha value is -3.66. The summed E-state index contributed by atoms with van der Waals surface area (Å²) in [6, 6.07) is 6.79. The zero-order chi connectivity index (χ0) is 23.1. The SMILES string of the molecule is COc1cc(NC(=O)C(=O)NC(C)(C)CNC(=O)Cc2ccsc2)ccc1-c1cnco1. The first-order valence-electron chi connectivity index (χ1n) is 9.75. The predicted octanol–water partition coefficient (Wildman–Crippen LogP) is 2.60. The number of ether oxygens (including phenoxy) is 1. The Morgan fingerprint density at radius 1 is 1.19 bits per heavy atom. The quantitative estimate of drug-likeness (QED) is 0.448. The molecule has 0 aliphatic carbocycles. The number of carbonyl (C=O) groups is 3. The molecule has 0 bridgehead atoms. The van der Waals surface area contributed by atoms with Gasteiger partial charge in [-0.2, -0.15) is 11.3 Å². The fraction of sp³-hybridized carbons (Fsp3) is 0.273. The number of amides is 3. The molecule has 3 amide bonds. The van der Waals surface area contributed by atoms with Crippen molar-refractivity contribution < 1.29 is 23.5 Å². The van der Waals surface area contributed by atoms with Crippen molar-refractivity contribution >= 4 is 34.7 Å². The number of oxazole rings is 1. The van der Waals surface area contributed by atoms with Crippen LogP contribution < -0.4 is 20.7 Å². The zero-order valence-electron chi connectivity index (χ0n) is 17.9. The fourth-order valence-corrected chi connectivity index (χ4v) is 3.55. The number of methoxy groups -OCH3 is 1. The summed E-state index contributed by atoms with van der Waals surface area (Å²) in [5.41, 5.74) is 1.14. The van der Waals surface area contributed by atoms with Gasteiger partial charge < -0.3 is 25.1 Å². The third-order valence-corrected chi connectivity index (χ3v) is 5.22. The number of benzene rings is 1. The standard InChI is InChI=1S/C22H24N4O5S/c1-22(2,12-24-19(27)8-14-6-7-32-11-14)26-21(29)20(28)25-15-4-5-16(17(9-15)30-3)18-10-23-13-31-18/h4-7,9-11,13H,8,12H2,1-3H3,(H,24,27)(H,25,28)(H,26,29). The van der Waals surface area contributed by atoms with Crippen LogP contribution in [0.5, 0.6) is 5.75 Å². The Morgan fingerprint density at radius 3 is 2.66 bits per heavy atom. The van der Waals surface area contributed by atoms with Crippen LogP contribution in [0.25, 0.3) is 11.3 Å². The summed E-state index contributed by atoms with van der Waals surface area (Å²) in [4.78, 5) is 40.7. The lowest BCUT2D eigenvalue weighted by atomic mass is 10.1. The van der Waals surface area contributed by atoms with Gasteiger partial charge in [0.1, 0.15) is 5.75 Å². The van der Waals surface area contributed by atoms with Gasteiger partial charge in [-0.1, -0.05) is 0 Å². The van der Waals surface area contributed by atoms with Crippen molar-refractivity contribution in [1.82, 2.24) is 15.6 Å². The normalized spacial score (nSPS) is 11.0. The van der Waals surface area contributed by atoms with E-state index in [4.69, 9.17) is 9.15 Å². The van der Waals surface area contributed by atoms with E-state index in [0.29, 0.717) is 22.8 Å². The molecular weight excluding hydrogens is 432 g/mol. The maximum atomic E-state index is 12.4. The van der Waals surface area contributed by atoms with E-state index in [0.717, 1.165) is 5.56 Å². The molecule has 0 saturated carbocycles. The monoisotopic (exact) mass is 456 g/mol. The predicted molar refractivity (Wildman–Crippen MR) is 120 cm³/mol. The van der Waals surface area contributed by atoms with Crippen LogP contribution in [0.3, 0.4) is 0 Å². The van der Waals surface area contributed by atoms with Gasteiger partial charge in [0.15, 0.2) is 12.2 Å². The largest absolute Gasteiger partial charge is 0.496 e. The van der Waals surface area contributed by atoms with Crippen LogP contribution in [0.4, 0.5) is 5.69 Å². The lowest BCUT2D eigenvalue weighted by Crippen LogP contribution is -2.54. The van der Waals surface area contributed by atoms with Crippen molar-refractivity contribution in [2.45, 2.75) is 25.8 Å². The minimum Gasteiger partial charge on any atom is -0.496 e. The summed E-state index contributed by atoms with van der Waals surface area (Å²) in [5, 5.41) is 11.8. The Balaban J connectivity index is 1.54. The first kappa shape index (κ1) is 23.0. The molecule has 3 N–H and O–H groups in total. The van der Waals surface area contributed by atoms with E-state index in [1.54, 1.807) is 38.2 Å². The first-order valence-corrected chi connectivity index (χ1v) is 10.7. The third-order valence-electron chi connectivity index (χ3n) is 4.49. The van der Waals surface area contributed by atoms with E-state index in [1.165, 1.54) is 24.8 Å². The maximum absolute atomic E-state index is 12.4. The topological polar surface area (TPSA) is 123 Å². The van der Waals surface area contributed by atoms with Crippen molar-refractivity contribution in [1.29, 1.82) is 0 Å². The Labute approximate surface area is 189 Å². The molecular formula is C22H24N4O5S. The molecule has 0 radical (unpaired) electrons. The summed E-state index contributed by atoms with van der Waals surface area (Å²) < 4.78 is 10.6. The molecule has 9 nitrogen and oxygen atoms in total. The number of rotatable bonds is 8. The summed E-state index contributed by atoms with van der Waals surface area (Å²) in [6.45, 7) is 3.62. The van der Waals surface area contributed by atoms with Gasteiger partial charge in [0.05, 0.1) is 30.8 Å². The van der Waals surface area contributed by atoms with Crippen LogP contribution in [-0.2, 0) is 20.8 Å². The molecule has 0 spiro atoms. The second-order valence-corrected chi connectivity index (χ2v) is 8.44. The molecule has 32 heavy (non-hydrogen) atoms. The number of nitrogens with zero attached hydrogens (tertiary/aromatic N) is 1. The van der Waals surface area contributed by atoms with Crippen LogP contribution in [0.15, 0.2) is 52.0 Å². The van der Waals surface area contributed by atoms with Crippen molar-refractivity contribution in [3.05, 3.63) is 53.2 Å². The first-order chi connectivity index (χ1) is 15.3. The minimum absolute atomic E-state index is 0.158. The van der Waals surface area contributed by atoms with Crippen molar-refractivity contribution in [3.8, 4) is 17.1 Å². The average Bonchev–Trinajstić information content (AvgIpc) is 3.46. The van der Waals surface area contributed by atoms with Crippen LogP contribution in [0, 0.1) is 0 Å². The van der Waals surface area contributed by atoms with E-state index in [2.05, 4.69) is 20.9 Å². The van der Waals surface area contributed by atoms with E-state index >= 15 is 0 Å². The highest BCUT2D eigenvalue weighted by atomic mass is 32.1. The molecule has 0 fully saturated rings. The van der Waals surface area contributed by atoms with Crippen molar-refractivity contribution in [2.24, 2.45) is 0 Å². The summed E-state index contributed by atoms with van der Waals surface area (Å²) in [7, 11) is 1.49. The fourth-order valence-electron chi connectivity index (χ4n) is 2.88. The molecule has 2 aromatic heterocycles. The Bertz CT molecular complexity index is 1080. The van der Waals surface area contributed by atoms with Gasteiger partial charge in [0, 0.05) is 18.3 Å². The number of carbonyl (C=O) groups excluding carboxylic acids is 3. The van der Waals surface area contributed by atoms with Crippen LogP contribution in [0.1, 0.15) is 19.4 Å². The van der Waals surface area contributed by atoms with Gasteiger partial charge >= 0.3 is 11.8 Å². The molecule has 0 unspecified atom stereocenters. The third kappa shape index (κ3) is 6.17. The molecule has 168 valence electrons. The maximum Gasteiger partial charge on any atom is 0.313 e. The smallest absolute Gasteiger partial charge is 0.313 e. The molecule has 0 saturated heterocycles. The van der Waals surface area contributed by atoms with E-state index in [9.17, 15) is 14.4 Å². The lowest BCUT2D eigenvalue weighted by molar-refractivity contribution is -0.137. The average molecular weight is 457 g/mol. The highest BCUT2D eigenvalue weighted by molar-refractivity contribution is 7.08. The van der Waals surface area contributed by atoms with Gasteiger partial charge in [-0.25, -0.2) is 4.98 Å². The van der Waals surface area contributed by atoms with Crippen molar-refractivity contribution in [2.75, 3.05) is 19.0 Å². The second kappa shape index (κ2) is 10.1. The van der Waals surface area contributed by atoms with Gasteiger partial charge in [-0.15, -0.1) is 0 Å². The molecule has 0 aliphatic heterocycles. The summed E-state index contributed by atoms with van der Waals surface area (Å²) >= 11 is 1.52. The van der Waals surface area contributed by atoms with Crippen LogP contribution >= 0.6 is 11.3 Å². The van der Waals surface area contributed by atoms with E-state index in [-0.39, 0.29) is 18.9 Å². The molecule has 1 aromatic carbocycles. The van der Waals surface area contributed by atoms with Crippen molar-refractivity contribution in [3.63, 3.8) is 0 Å².